The Labute approximate surface area is 96.0 Å². The summed E-state index contributed by atoms with van der Waals surface area (Å²) in [6.45, 7) is 5.91. The van der Waals surface area contributed by atoms with E-state index >= 15 is 0 Å². The number of pyridine rings is 1. The van der Waals surface area contributed by atoms with Crippen molar-refractivity contribution in [2.45, 2.75) is 26.4 Å². The second-order valence-corrected chi connectivity index (χ2v) is 4.68. The van der Waals surface area contributed by atoms with Gasteiger partial charge in [-0.15, -0.1) is 0 Å². The van der Waals surface area contributed by atoms with Crippen molar-refractivity contribution in [2.24, 2.45) is 5.92 Å². The van der Waals surface area contributed by atoms with Gasteiger partial charge in [-0.05, 0) is 30.5 Å². The largest absolute Gasteiger partial charge is 0.385 e. The van der Waals surface area contributed by atoms with Crippen molar-refractivity contribution in [1.82, 2.24) is 4.98 Å². The van der Waals surface area contributed by atoms with Crippen molar-refractivity contribution in [3.63, 3.8) is 0 Å². The molecule has 1 unspecified atom stereocenters. The SMILES string of the molecule is CC(C)C(C)(O)c1cccc2ncccc12. The van der Waals surface area contributed by atoms with Gasteiger partial charge in [0.15, 0.2) is 0 Å². The molecule has 2 aromatic rings. The molecule has 1 aromatic carbocycles. The van der Waals surface area contributed by atoms with Gasteiger partial charge in [-0.3, -0.25) is 4.98 Å². The van der Waals surface area contributed by atoms with Gasteiger partial charge in [0.05, 0.1) is 11.1 Å². The van der Waals surface area contributed by atoms with Crippen LogP contribution in [-0.2, 0) is 5.60 Å². The highest BCUT2D eigenvalue weighted by Crippen LogP contribution is 2.33. The lowest BCUT2D eigenvalue weighted by molar-refractivity contribution is 0.0105. The molecule has 2 heteroatoms. The number of aromatic nitrogens is 1. The fraction of sp³-hybridized carbons (Fsp3) is 0.357. The second-order valence-electron chi connectivity index (χ2n) is 4.68. The lowest BCUT2D eigenvalue weighted by Crippen LogP contribution is -2.28. The number of hydrogen-bond donors (Lipinski definition) is 1. The van der Waals surface area contributed by atoms with Crippen molar-refractivity contribution in [2.75, 3.05) is 0 Å². The summed E-state index contributed by atoms with van der Waals surface area (Å²) in [5.74, 6) is 0.165. The molecule has 0 saturated carbocycles. The molecule has 0 radical (unpaired) electrons. The predicted molar refractivity (Wildman–Crippen MR) is 66.2 cm³/mol. The molecule has 1 N–H and O–H groups in total. The highest BCUT2D eigenvalue weighted by Gasteiger charge is 2.28. The Morgan fingerprint density at radius 2 is 1.94 bits per heavy atom. The summed E-state index contributed by atoms with van der Waals surface area (Å²) in [7, 11) is 0. The molecule has 0 spiro atoms. The number of rotatable bonds is 2. The van der Waals surface area contributed by atoms with E-state index in [9.17, 15) is 5.11 Å². The topological polar surface area (TPSA) is 33.1 Å². The summed E-state index contributed by atoms with van der Waals surface area (Å²) < 4.78 is 0. The average Bonchev–Trinajstić information content (AvgIpc) is 2.28. The van der Waals surface area contributed by atoms with Crippen LogP contribution in [-0.4, -0.2) is 10.1 Å². The Morgan fingerprint density at radius 3 is 2.62 bits per heavy atom. The van der Waals surface area contributed by atoms with Crippen LogP contribution in [0.2, 0.25) is 0 Å². The van der Waals surface area contributed by atoms with E-state index in [1.165, 1.54) is 0 Å². The molecule has 1 aromatic heterocycles. The minimum atomic E-state index is -0.817. The number of benzene rings is 1. The minimum Gasteiger partial charge on any atom is -0.385 e. The van der Waals surface area contributed by atoms with E-state index in [0.717, 1.165) is 16.5 Å². The van der Waals surface area contributed by atoms with Gasteiger partial charge in [0, 0.05) is 11.6 Å². The van der Waals surface area contributed by atoms with E-state index < -0.39 is 5.60 Å². The first-order valence-electron chi connectivity index (χ1n) is 5.60. The zero-order valence-corrected chi connectivity index (χ0v) is 9.94. The molecule has 1 heterocycles. The zero-order chi connectivity index (χ0) is 11.8. The number of fused-ring (bicyclic) bond motifs is 1. The fourth-order valence-corrected chi connectivity index (χ4v) is 1.86. The van der Waals surface area contributed by atoms with Crippen LogP contribution in [0.5, 0.6) is 0 Å². The Hall–Kier alpha value is -1.41. The summed E-state index contributed by atoms with van der Waals surface area (Å²) in [5, 5.41) is 11.6. The smallest absolute Gasteiger partial charge is 0.0897 e. The van der Waals surface area contributed by atoms with Gasteiger partial charge in [-0.2, -0.15) is 0 Å². The van der Waals surface area contributed by atoms with Crippen LogP contribution in [0.1, 0.15) is 26.3 Å². The summed E-state index contributed by atoms with van der Waals surface area (Å²) in [4.78, 5) is 4.30. The van der Waals surface area contributed by atoms with Crippen LogP contribution >= 0.6 is 0 Å². The van der Waals surface area contributed by atoms with Crippen LogP contribution in [0.15, 0.2) is 36.5 Å². The second kappa shape index (κ2) is 3.87. The quantitative estimate of drug-likeness (QED) is 0.835. The lowest BCUT2D eigenvalue weighted by Gasteiger charge is -2.29. The van der Waals surface area contributed by atoms with Gasteiger partial charge < -0.3 is 5.11 Å². The standard InChI is InChI=1S/C14H17NO/c1-10(2)14(3,16)12-7-4-8-13-11(12)6-5-9-15-13/h4-10,16H,1-3H3. The molecule has 1 atom stereocenters. The average molecular weight is 215 g/mol. The third-order valence-electron chi connectivity index (χ3n) is 3.32. The van der Waals surface area contributed by atoms with Crippen molar-refractivity contribution < 1.29 is 5.11 Å². The summed E-state index contributed by atoms with van der Waals surface area (Å²) in [5.41, 5.74) is 1.07. The first kappa shape index (κ1) is 11.1. The van der Waals surface area contributed by atoms with E-state index in [1.807, 2.05) is 51.1 Å². The molecule has 0 aliphatic rings. The maximum atomic E-state index is 10.5. The van der Waals surface area contributed by atoms with E-state index in [-0.39, 0.29) is 5.92 Å². The predicted octanol–water partition coefficient (Wildman–Crippen LogP) is 3.10. The fourth-order valence-electron chi connectivity index (χ4n) is 1.86. The minimum absolute atomic E-state index is 0.165. The Bertz CT molecular complexity index is 498. The Morgan fingerprint density at radius 1 is 1.19 bits per heavy atom. The molecule has 2 nitrogen and oxygen atoms in total. The van der Waals surface area contributed by atoms with Crippen molar-refractivity contribution in [3.05, 3.63) is 42.1 Å². The zero-order valence-electron chi connectivity index (χ0n) is 9.94. The third-order valence-corrected chi connectivity index (χ3v) is 3.32. The normalized spacial score (nSPS) is 15.3. The molecule has 16 heavy (non-hydrogen) atoms. The van der Waals surface area contributed by atoms with Gasteiger partial charge >= 0.3 is 0 Å². The van der Waals surface area contributed by atoms with Gasteiger partial charge in [-0.1, -0.05) is 32.0 Å². The van der Waals surface area contributed by atoms with E-state index in [2.05, 4.69) is 4.98 Å². The molecule has 0 aliphatic carbocycles. The van der Waals surface area contributed by atoms with Crippen LogP contribution in [0.4, 0.5) is 0 Å². The van der Waals surface area contributed by atoms with E-state index in [0.29, 0.717) is 0 Å². The van der Waals surface area contributed by atoms with Gasteiger partial charge in [0.2, 0.25) is 0 Å². The maximum absolute atomic E-state index is 10.5. The number of nitrogens with zero attached hydrogens (tertiary/aromatic N) is 1. The molecule has 0 fully saturated rings. The third kappa shape index (κ3) is 1.69. The maximum Gasteiger partial charge on any atom is 0.0897 e. The molecular formula is C14H17NO. The molecule has 2 rings (SSSR count). The van der Waals surface area contributed by atoms with Crippen molar-refractivity contribution >= 4 is 10.9 Å². The summed E-state index contributed by atoms with van der Waals surface area (Å²) >= 11 is 0. The first-order valence-corrected chi connectivity index (χ1v) is 5.60. The highest BCUT2D eigenvalue weighted by molar-refractivity contribution is 5.82. The first-order chi connectivity index (χ1) is 7.53. The molecule has 0 saturated heterocycles. The van der Waals surface area contributed by atoms with Gasteiger partial charge in [0.1, 0.15) is 0 Å². The molecule has 0 aliphatic heterocycles. The monoisotopic (exact) mass is 215 g/mol. The molecule has 0 amide bonds. The van der Waals surface area contributed by atoms with E-state index in [4.69, 9.17) is 0 Å². The van der Waals surface area contributed by atoms with Crippen molar-refractivity contribution in [1.29, 1.82) is 0 Å². The van der Waals surface area contributed by atoms with Crippen molar-refractivity contribution in [3.8, 4) is 0 Å². The van der Waals surface area contributed by atoms with Gasteiger partial charge in [-0.25, -0.2) is 0 Å². The highest BCUT2D eigenvalue weighted by atomic mass is 16.3. The van der Waals surface area contributed by atoms with Crippen LogP contribution in [0, 0.1) is 5.92 Å². The van der Waals surface area contributed by atoms with Gasteiger partial charge in [0.25, 0.3) is 0 Å². The Kier molecular flexibility index (Phi) is 2.68. The number of aliphatic hydroxyl groups is 1. The lowest BCUT2D eigenvalue weighted by atomic mass is 9.83. The Balaban J connectivity index is 2.70. The number of hydrogen-bond acceptors (Lipinski definition) is 2. The van der Waals surface area contributed by atoms with Crippen LogP contribution in [0.3, 0.4) is 0 Å². The van der Waals surface area contributed by atoms with E-state index in [1.54, 1.807) is 6.20 Å². The summed E-state index contributed by atoms with van der Waals surface area (Å²) in [6.07, 6.45) is 1.77. The van der Waals surface area contributed by atoms with Crippen LogP contribution < -0.4 is 0 Å². The molecule has 84 valence electrons. The molecule has 0 bridgehead atoms. The summed E-state index contributed by atoms with van der Waals surface area (Å²) in [6, 6.07) is 9.80. The molecular weight excluding hydrogens is 198 g/mol. The van der Waals surface area contributed by atoms with Crippen LogP contribution in [0.25, 0.3) is 10.9 Å².